The van der Waals surface area contributed by atoms with E-state index in [0.717, 1.165) is 37.1 Å². The molecule has 0 bridgehead atoms. The molecule has 1 fully saturated rings. The van der Waals surface area contributed by atoms with Gasteiger partial charge in [-0.1, -0.05) is 12.1 Å². The first-order valence-electron chi connectivity index (χ1n) is 7.24. The zero-order valence-corrected chi connectivity index (χ0v) is 12.1. The Hall–Kier alpha value is -0.960. The smallest absolute Gasteiger partial charge is 0.224 e. The number of nitrogens with one attached hydrogen (secondary N) is 1. The molecule has 1 saturated carbocycles. The molecule has 2 nitrogen and oxygen atoms in total. The van der Waals surface area contributed by atoms with Gasteiger partial charge in [0.2, 0.25) is 5.91 Å². The van der Waals surface area contributed by atoms with Crippen molar-refractivity contribution in [3.05, 3.63) is 29.3 Å². The summed E-state index contributed by atoms with van der Waals surface area (Å²) >= 11 is 4.36. The highest BCUT2D eigenvalue weighted by atomic mass is 32.1. The number of rotatable bonds is 4. The van der Waals surface area contributed by atoms with Crippen LogP contribution in [0.5, 0.6) is 0 Å². The van der Waals surface area contributed by atoms with Crippen molar-refractivity contribution < 1.29 is 4.79 Å². The molecule has 0 aliphatic heterocycles. The molecule has 0 aromatic heterocycles. The van der Waals surface area contributed by atoms with Crippen LogP contribution in [-0.2, 0) is 17.6 Å². The van der Waals surface area contributed by atoms with Gasteiger partial charge in [-0.3, -0.25) is 4.79 Å². The Kier molecular flexibility index (Phi) is 3.57. The second-order valence-corrected chi connectivity index (χ2v) is 6.35. The molecule has 0 heterocycles. The third-order valence-electron chi connectivity index (χ3n) is 4.50. The zero-order chi connectivity index (χ0) is 13.3. The summed E-state index contributed by atoms with van der Waals surface area (Å²) in [5.41, 5.74) is 4.01. The van der Waals surface area contributed by atoms with Crippen LogP contribution in [0.15, 0.2) is 18.2 Å². The van der Waals surface area contributed by atoms with Crippen LogP contribution in [0.25, 0.3) is 0 Å². The maximum Gasteiger partial charge on any atom is 0.224 e. The van der Waals surface area contributed by atoms with Crippen molar-refractivity contribution >= 4 is 24.2 Å². The Morgan fingerprint density at radius 1 is 1.26 bits per heavy atom. The number of aryl methyl sites for hydroxylation is 1. The molecular weight excluding hydrogens is 254 g/mol. The van der Waals surface area contributed by atoms with E-state index in [-0.39, 0.29) is 11.3 Å². The number of hydrogen-bond acceptors (Lipinski definition) is 2. The number of carbonyl (C=O) groups is 1. The molecule has 0 atom stereocenters. The molecule has 19 heavy (non-hydrogen) atoms. The van der Waals surface area contributed by atoms with E-state index in [9.17, 15) is 4.79 Å². The van der Waals surface area contributed by atoms with E-state index >= 15 is 0 Å². The molecule has 1 N–H and O–H groups in total. The summed E-state index contributed by atoms with van der Waals surface area (Å²) < 4.78 is 0. The third-order valence-corrected chi connectivity index (χ3v) is 5.17. The minimum atomic E-state index is 0.158. The Labute approximate surface area is 120 Å². The normalized spacial score (nSPS) is 19.6. The van der Waals surface area contributed by atoms with E-state index in [2.05, 4.69) is 30.1 Å². The largest absolute Gasteiger partial charge is 0.326 e. The fraction of sp³-hybridized carbons (Fsp3) is 0.562. The number of carbonyl (C=O) groups excluding carboxylic acids is 1. The first-order chi connectivity index (χ1) is 9.22. The molecule has 2 aliphatic carbocycles. The zero-order valence-electron chi connectivity index (χ0n) is 11.2. The van der Waals surface area contributed by atoms with Crippen LogP contribution in [0.1, 0.15) is 43.2 Å². The first-order valence-corrected chi connectivity index (χ1v) is 7.87. The predicted octanol–water partition coefficient (Wildman–Crippen LogP) is 3.60. The van der Waals surface area contributed by atoms with Crippen molar-refractivity contribution in [3.8, 4) is 0 Å². The molecule has 3 heteroatoms. The predicted molar refractivity (Wildman–Crippen MR) is 81.9 cm³/mol. The Bertz CT molecular complexity index is 494. The van der Waals surface area contributed by atoms with Crippen molar-refractivity contribution in [2.24, 2.45) is 5.41 Å². The quantitative estimate of drug-likeness (QED) is 0.808. The first kappa shape index (κ1) is 13.0. The highest BCUT2D eigenvalue weighted by molar-refractivity contribution is 7.80. The van der Waals surface area contributed by atoms with Gasteiger partial charge in [-0.2, -0.15) is 12.6 Å². The fourth-order valence-corrected chi connectivity index (χ4v) is 3.43. The van der Waals surface area contributed by atoms with Crippen LogP contribution in [0.3, 0.4) is 0 Å². The maximum absolute atomic E-state index is 12.2. The van der Waals surface area contributed by atoms with Crippen LogP contribution >= 0.6 is 12.6 Å². The second-order valence-electron chi connectivity index (χ2n) is 6.03. The lowest BCUT2D eigenvalue weighted by Gasteiger charge is -2.20. The molecule has 2 aliphatic rings. The lowest BCUT2D eigenvalue weighted by molar-refractivity contribution is -0.117. The third kappa shape index (κ3) is 2.81. The number of anilines is 1. The molecule has 0 spiro atoms. The molecule has 0 radical (unpaired) electrons. The van der Waals surface area contributed by atoms with Gasteiger partial charge in [-0.15, -0.1) is 0 Å². The van der Waals surface area contributed by atoms with E-state index in [4.69, 9.17) is 0 Å². The van der Waals surface area contributed by atoms with Crippen LogP contribution < -0.4 is 5.32 Å². The van der Waals surface area contributed by atoms with Gasteiger partial charge in [0.15, 0.2) is 0 Å². The summed E-state index contributed by atoms with van der Waals surface area (Å²) in [6.45, 7) is 0. The Balaban J connectivity index is 1.71. The molecule has 102 valence electrons. The standard InChI is InChI=1S/C16H21NOS/c18-15(10-16(11-19)8-9-16)17-14-7-3-5-12-4-1-2-6-13(12)14/h3,5,7,19H,1-2,4,6,8-11H2,(H,17,18). The molecular formula is C16H21NOS. The molecule has 3 rings (SSSR count). The van der Waals surface area contributed by atoms with Crippen LogP contribution in [-0.4, -0.2) is 11.7 Å². The van der Waals surface area contributed by atoms with Gasteiger partial charge in [0.25, 0.3) is 0 Å². The van der Waals surface area contributed by atoms with Gasteiger partial charge in [-0.25, -0.2) is 0 Å². The molecule has 0 saturated heterocycles. The lowest BCUT2D eigenvalue weighted by Crippen LogP contribution is -2.20. The van der Waals surface area contributed by atoms with Gasteiger partial charge in [0.1, 0.15) is 0 Å². The molecule has 1 aromatic carbocycles. The molecule has 1 aromatic rings. The average molecular weight is 275 g/mol. The van der Waals surface area contributed by atoms with E-state index < -0.39 is 0 Å². The minimum absolute atomic E-state index is 0.158. The van der Waals surface area contributed by atoms with E-state index in [1.165, 1.54) is 24.0 Å². The minimum Gasteiger partial charge on any atom is -0.326 e. The summed E-state index contributed by atoms with van der Waals surface area (Å²) in [7, 11) is 0. The number of fused-ring (bicyclic) bond motifs is 1. The van der Waals surface area contributed by atoms with Crippen molar-refractivity contribution in [2.75, 3.05) is 11.1 Å². The van der Waals surface area contributed by atoms with Crippen LogP contribution in [0.2, 0.25) is 0 Å². The summed E-state index contributed by atoms with van der Waals surface area (Å²) in [5.74, 6) is 0.985. The molecule has 0 unspecified atom stereocenters. The van der Waals surface area contributed by atoms with E-state index in [0.29, 0.717) is 6.42 Å². The van der Waals surface area contributed by atoms with Crippen molar-refractivity contribution in [2.45, 2.75) is 44.9 Å². The topological polar surface area (TPSA) is 29.1 Å². The SMILES string of the molecule is O=C(CC1(CS)CC1)Nc1cccc2c1CCCC2. The van der Waals surface area contributed by atoms with Crippen molar-refractivity contribution in [1.82, 2.24) is 0 Å². The summed E-state index contributed by atoms with van der Waals surface area (Å²) in [4.78, 5) is 12.2. The monoisotopic (exact) mass is 275 g/mol. The highest BCUT2D eigenvalue weighted by Crippen LogP contribution is 2.49. The van der Waals surface area contributed by atoms with E-state index in [1.54, 1.807) is 0 Å². The van der Waals surface area contributed by atoms with Gasteiger partial charge >= 0.3 is 0 Å². The van der Waals surface area contributed by atoms with Crippen molar-refractivity contribution in [1.29, 1.82) is 0 Å². The second kappa shape index (κ2) is 5.20. The van der Waals surface area contributed by atoms with Crippen LogP contribution in [0.4, 0.5) is 5.69 Å². The number of benzene rings is 1. The number of hydrogen-bond donors (Lipinski definition) is 2. The average Bonchev–Trinajstić information content (AvgIpc) is 3.19. The van der Waals surface area contributed by atoms with Crippen LogP contribution in [0, 0.1) is 5.41 Å². The van der Waals surface area contributed by atoms with Crippen molar-refractivity contribution in [3.63, 3.8) is 0 Å². The van der Waals surface area contributed by atoms with Gasteiger partial charge in [0.05, 0.1) is 0 Å². The summed E-state index contributed by atoms with van der Waals surface area (Å²) in [6.07, 6.45) is 7.69. The van der Waals surface area contributed by atoms with Gasteiger partial charge in [-0.05, 0) is 66.9 Å². The Morgan fingerprint density at radius 3 is 2.79 bits per heavy atom. The molecule has 1 amide bonds. The van der Waals surface area contributed by atoms with E-state index in [1.807, 2.05) is 6.07 Å². The number of thiol groups is 1. The highest BCUT2D eigenvalue weighted by Gasteiger charge is 2.42. The maximum atomic E-state index is 12.2. The fourth-order valence-electron chi connectivity index (χ4n) is 3.00. The lowest BCUT2D eigenvalue weighted by atomic mass is 9.90. The summed E-state index contributed by atoms with van der Waals surface area (Å²) in [5, 5.41) is 3.13. The van der Waals surface area contributed by atoms with Gasteiger partial charge in [0, 0.05) is 12.1 Å². The summed E-state index contributed by atoms with van der Waals surface area (Å²) in [6, 6.07) is 6.30. The van der Waals surface area contributed by atoms with Gasteiger partial charge < -0.3 is 5.32 Å². The number of amides is 1. The Morgan fingerprint density at radius 2 is 2.05 bits per heavy atom.